The van der Waals surface area contributed by atoms with E-state index >= 15 is 0 Å². The molecular formula is C12H18N2O3S. The smallest absolute Gasteiger partial charge is 0.311 e. The van der Waals surface area contributed by atoms with Gasteiger partial charge in [0, 0.05) is 12.6 Å². The molecule has 0 saturated carbocycles. The maximum atomic E-state index is 10.9. The van der Waals surface area contributed by atoms with Gasteiger partial charge in [0.25, 0.3) is 0 Å². The summed E-state index contributed by atoms with van der Waals surface area (Å²) in [4.78, 5) is 10.4. The van der Waals surface area contributed by atoms with Crippen LogP contribution >= 0.6 is 11.8 Å². The standard InChI is InChI=1S/C12H18N2O3S/c1-17-12-5-4-10(8-11(12)14(15)16)9-13-6-3-7-18-2/h4-5,8,13H,3,6-7,9H2,1-2H3. The minimum atomic E-state index is -0.421. The number of hydrogen-bond acceptors (Lipinski definition) is 5. The Hall–Kier alpha value is -1.27. The second kappa shape index (κ2) is 7.94. The third-order valence-electron chi connectivity index (χ3n) is 2.47. The predicted molar refractivity (Wildman–Crippen MR) is 74.4 cm³/mol. The van der Waals surface area contributed by atoms with Crippen LogP contribution in [0.4, 0.5) is 5.69 Å². The molecule has 0 fully saturated rings. The minimum absolute atomic E-state index is 0.0147. The summed E-state index contributed by atoms with van der Waals surface area (Å²) < 4.78 is 4.95. The number of nitrogens with zero attached hydrogens (tertiary/aromatic N) is 1. The number of rotatable bonds is 8. The SMILES string of the molecule is COc1ccc(CNCCCSC)cc1[N+](=O)[O-]. The first-order valence-corrected chi connectivity index (χ1v) is 7.09. The van der Waals surface area contributed by atoms with E-state index in [1.54, 1.807) is 12.1 Å². The first-order valence-electron chi connectivity index (χ1n) is 5.70. The van der Waals surface area contributed by atoms with Gasteiger partial charge in [-0.05, 0) is 36.6 Å². The molecule has 0 aliphatic carbocycles. The normalized spacial score (nSPS) is 10.3. The Kier molecular flexibility index (Phi) is 6.53. The monoisotopic (exact) mass is 270 g/mol. The van der Waals surface area contributed by atoms with Crippen molar-refractivity contribution in [2.45, 2.75) is 13.0 Å². The molecular weight excluding hydrogens is 252 g/mol. The van der Waals surface area contributed by atoms with E-state index in [9.17, 15) is 10.1 Å². The van der Waals surface area contributed by atoms with Gasteiger partial charge in [-0.2, -0.15) is 11.8 Å². The number of nitro groups is 1. The van der Waals surface area contributed by atoms with E-state index in [1.165, 1.54) is 7.11 Å². The van der Waals surface area contributed by atoms with E-state index in [4.69, 9.17) is 4.74 Å². The number of thioether (sulfide) groups is 1. The van der Waals surface area contributed by atoms with Crippen molar-refractivity contribution in [1.29, 1.82) is 0 Å². The zero-order valence-electron chi connectivity index (χ0n) is 10.6. The second-order valence-corrected chi connectivity index (χ2v) is 4.77. The Balaban J connectivity index is 2.56. The number of ether oxygens (including phenoxy) is 1. The van der Waals surface area contributed by atoms with Crippen molar-refractivity contribution < 1.29 is 9.66 Å². The van der Waals surface area contributed by atoms with E-state index in [1.807, 2.05) is 17.8 Å². The number of hydrogen-bond donors (Lipinski definition) is 1. The molecule has 0 atom stereocenters. The molecule has 6 heteroatoms. The lowest BCUT2D eigenvalue weighted by molar-refractivity contribution is -0.385. The van der Waals surface area contributed by atoms with E-state index in [0.717, 1.165) is 24.3 Å². The zero-order valence-corrected chi connectivity index (χ0v) is 11.5. The molecule has 5 nitrogen and oxygen atoms in total. The van der Waals surface area contributed by atoms with Gasteiger partial charge in [0.2, 0.25) is 0 Å². The molecule has 0 aliphatic rings. The van der Waals surface area contributed by atoms with Crippen LogP contribution < -0.4 is 10.1 Å². The molecule has 0 amide bonds. The molecule has 0 radical (unpaired) electrons. The van der Waals surface area contributed by atoms with E-state index < -0.39 is 4.92 Å². The Morgan fingerprint density at radius 1 is 1.50 bits per heavy atom. The highest BCUT2D eigenvalue weighted by Crippen LogP contribution is 2.27. The lowest BCUT2D eigenvalue weighted by Crippen LogP contribution is -2.15. The summed E-state index contributed by atoms with van der Waals surface area (Å²) in [6.45, 7) is 1.56. The molecule has 0 aromatic heterocycles. The van der Waals surface area contributed by atoms with Crippen molar-refractivity contribution in [2.24, 2.45) is 0 Å². The summed E-state index contributed by atoms with van der Waals surface area (Å²) in [5.41, 5.74) is 0.910. The van der Waals surface area contributed by atoms with Crippen molar-refractivity contribution >= 4 is 17.4 Å². The third kappa shape index (κ3) is 4.54. The van der Waals surface area contributed by atoms with Crippen molar-refractivity contribution in [3.05, 3.63) is 33.9 Å². The maximum absolute atomic E-state index is 10.9. The van der Waals surface area contributed by atoms with Crippen LogP contribution in [0.15, 0.2) is 18.2 Å². The molecule has 0 spiro atoms. The summed E-state index contributed by atoms with van der Waals surface area (Å²) in [5.74, 6) is 1.42. The molecule has 0 bridgehead atoms. The first kappa shape index (κ1) is 14.8. The number of methoxy groups -OCH3 is 1. The van der Waals surface area contributed by atoms with Gasteiger partial charge in [-0.3, -0.25) is 10.1 Å². The average Bonchev–Trinajstić information content (AvgIpc) is 2.38. The fourth-order valence-electron chi connectivity index (χ4n) is 1.56. The van der Waals surface area contributed by atoms with E-state index in [-0.39, 0.29) is 5.69 Å². The molecule has 0 aliphatic heterocycles. The van der Waals surface area contributed by atoms with Crippen LogP contribution in [0.1, 0.15) is 12.0 Å². The molecule has 18 heavy (non-hydrogen) atoms. The van der Waals surface area contributed by atoms with Crippen LogP contribution in [0, 0.1) is 10.1 Å². The molecule has 0 saturated heterocycles. The maximum Gasteiger partial charge on any atom is 0.311 e. The van der Waals surface area contributed by atoms with Gasteiger partial charge in [-0.15, -0.1) is 0 Å². The van der Waals surface area contributed by atoms with Crippen molar-refractivity contribution in [3.63, 3.8) is 0 Å². The van der Waals surface area contributed by atoms with Gasteiger partial charge in [0.05, 0.1) is 12.0 Å². The molecule has 1 aromatic carbocycles. The molecule has 0 heterocycles. The van der Waals surface area contributed by atoms with Crippen molar-refractivity contribution in [1.82, 2.24) is 5.32 Å². The lowest BCUT2D eigenvalue weighted by atomic mass is 10.2. The van der Waals surface area contributed by atoms with Crippen molar-refractivity contribution in [3.8, 4) is 5.75 Å². The largest absolute Gasteiger partial charge is 0.490 e. The zero-order chi connectivity index (χ0) is 13.4. The molecule has 1 rings (SSSR count). The molecule has 100 valence electrons. The Labute approximate surface area is 111 Å². The summed E-state index contributed by atoms with van der Waals surface area (Å²) in [5, 5.41) is 14.1. The van der Waals surface area contributed by atoms with Gasteiger partial charge in [0.1, 0.15) is 0 Å². The Bertz CT molecular complexity index is 399. The molecule has 1 aromatic rings. The minimum Gasteiger partial charge on any atom is -0.490 e. The van der Waals surface area contributed by atoms with E-state index in [2.05, 4.69) is 11.6 Å². The number of nitro benzene ring substituents is 1. The number of nitrogens with one attached hydrogen (secondary N) is 1. The number of benzene rings is 1. The average molecular weight is 270 g/mol. The highest BCUT2D eigenvalue weighted by Gasteiger charge is 2.14. The predicted octanol–water partition coefficient (Wildman–Crippen LogP) is 2.45. The highest BCUT2D eigenvalue weighted by molar-refractivity contribution is 7.98. The fraction of sp³-hybridized carbons (Fsp3) is 0.500. The molecule has 1 N–H and O–H groups in total. The Morgan fingerprint density at radius 2 is 2.28 bits per heavy atom. The topological polar surface area (TPSA) is 64.4 Å². The first-order chi connectivity index (χ1) is 8.69. The quantitative estimate of drug-likeness (QED) is 0.446. The third-order valence-corrected chi connectivity index (χ3v) is 3.17. The Morgan fingerprint density at radius 3 is 2.89 bits per heavy atom. The summed E-state index contributed by atoms with van der Waals surface area (Å²) >= 11 is 1.81. The van der Waals surface area contributed by atoms with Crippen LogP contribution in [-0.2, 0) is 6.54 Å². The van der Waals surface area contributed by atoms with Crippen LogP contribution in [0.3, 0.4) is 0 Å². The van der Waals surface area contributed by atoms with Gasteiger partial charge in [-0.25, -0.2) is 0 Å². The molecule has 0 unspecified atom stereocenters. The van der Waals surface area contributed by atoms with Gasteiger partial charge in [0.15, 0.2) is 5.75 Å². The van der Waals surface area contributed by atoms with Crippen LogP contribution in [0.2, 0.25) is 0 Å². The summed E-state index contributed by atoms with van der Waals surface area (Å²) in [7, 11) is 1.43. The summed E-state index contributed by atoms with van der Waals surface area (Å²) in [6.07, 6.45) is 3.17. The van der Waals surface area contributed by atoms with Crippen LogP contribution in [0.25, 0.3) is 0 Å². The van der Waals surface area contributed by atoms with Gasteiger partial charge >= 0.3 is 5.69 Å². The summed E-state index contributed by atoms with van der Waals surface area (Å²) in [6, 6.07) is 5.03. The fourth-order valence-corrected chi connectivity index (χ4v) is 2.00. The van der Waals surface area contributed by atoms with Gasteiger partial charge in [-0.1, -0.05) is 6.07 Å². The van der Waals surface area contributed by atoms with Crippen LogP contribution in [0.5, 0.6) is 5.75 Å². The highest BCUT2D eigenvalue weighted by atomic mass is 32.2. The lowest BCUT2D eigenvalue weighted by Gasteiger charge is -2.06. The van der Waals surface area contributed by atoms with E-state index in [0.29, 0.717) is 12.3 Å². The van der Waals surface area contributed by atoms with Gasteiger partial charge < -0.3 is 10.1 Å². The van der Waals surface area contributed by atoms with Crippen LogP contribution in [-0.4, -0.2) is 30.6 Å². The second-order valence-electron chi connectivity index (χ2n) is 3.79. The van der Waals surface area contributed by atoms with Crippen molar-refractivity contribution in [2.75, 3.05) is 25.7 Å².